The molecule has 0 aliphatic heterocycles. The highest BCUT2D eigenvalue weighted by molar-refractivity contribution is 8.00. The van der Waals surface area contributed by atoms with Gasteiger partial charge in [-0.2, -0.15) is 13.2 Å². The number of likely N-dealkylation sites (N-methyl/N-ethyl adjacent to an activating group) is 1. The zero-order chi connectivity index (χ0) is 15.9. The normalized spacial score (nSPS) is 11.1. The smallest absolute Gasteiger partial charge is 0.406 e. The topological polar surface area (TPSA) is 77.9 Å². The van der Waals surface area contributed by atoms with Crippen LogP contribution in [0.25, 0.3) is 0 Å². The van der Waals surface area contributed by atoms with Gasteiger partial charge in [-0.05, 0) is 0 Å². The van der Waals surface area contributed by atoms with Gasteiger partial charge in [0.2, 0.25) is 11.8 Å². The van der Waals surface area contributed by atoms with E-state index in [-0.39, 0.29) is 0 Å². The number of thioether (sulfide) groups is 1. The molecule has 10 heteroatoms. The van der Waals surface area contributed by atoms with Crippen molar-refractivity contribution in [1.82, 2.24) is 9.80 Å². The van der Waals surface area contributed by atoms with Gasteiger partial charge in [0.05, 0.1) is 11.5 Å². The van der Waals surface area contributed by atoms with E-state index in [1.165, 1.54) is 14.1 Å². The molecule has 0 aromatic carbocycles. The van der Waals surface area contributed by atoms with Crippen molar-refractivity contribution in [2.75, 3.05) is 38.7 Å². The molecule has 0 saturated carbocycles. The molecule has 0 saturated heterocycles. The summed E-state index contributed by atoms with van der Waals surface area (Å²) in [6, 6.07) is 0. The van der Waals surface area contributed by atoms with Gasteiger partial charge in [-0.1, -0.05) is 0 Å². The second kappa shape index (κ2) is 7.98. The monoisotopic (exact) mass is 316 g/mol. The molecule has 0 radical (unpaired) electrons. The second-order valence-corrected chi connectivity index (χ2v) is 5.03. The lowest BCUT2D eigenvalue weighted by Gasteiger charge is -2.24. The maximum Gasteiger partial charge on any atom is 0.406 e. The number of carboxylic acids is 1. The summed E-state index contributed by atoms with van der Waals surface area (Å²) >= 11 is 0.676. The number of rotatable bonds is 7. The largest absolute Gasteiger partial charge is 0.481 e. The molecule has 0 atom stereocenters. The van der Waals surface area contributed by atoms with Crippen LogP contribution in [0.15, 0.2) is 0 Å². The van der Waals surface area contributed by atoms with Gasteiger partial charge < -0.3 is 14.9 Å². The fourth-order valence-electron chi connectivity index (χ4n) is 1.07. The second-order valence-electron chi connectivity index (χ2n) is 4.04. The average Bonchev–Trinajstić information content (AvgIpc) is 2.25. The summed E-state index contributed by atoms with van der Waals surface area (Å²) in [4.78, 5) is 34.7. The first-order valence-corrected chi connectivity index (χ1v) is 6.52. The van der Waals surface area contributed by atoms with E-state index in [9.17, 15) is 27.6 Å². The Morgan fingerprint density at radius 3 is 2.05 bits per heavy atom. The van der Waals surface area contributed by atoms with Crippen LogP contribution in [0.1, 0.15) is 0 Å². The minimum Gasteiger partial charge on any atom is -0.481 e. The predicted molar refractivity (Wildman–Crippen MR) is 66.3 cm³/mol. The van der Waals surface area contributed by atoms with Crippen LogP contribution in [0.2, 0.25) is 0 Å². The van der Waals surface area contributed by atoms with Gasteiger partial charge >= 0.3 is 12.1 Å². The molecular weight excluding hydrogens is 301 g/mol. The van der Waals surface area contributed by atoms with Crippen LogP contribution in [0, 0.1) is 0 Å². The minimum absolute atomic E-state index is 0.372. The molecule has 0 heterocycles. The summed E-state index contributed by atoms with van der Waals surface area (Å²) in [5.41, 5.74) is 0. The van der Waals surface area contributed by atoms with E-state index in [1.54, 1.807) is 0 Å². The lowest BCUT2D eigenvalue weighted by molar-refractivity contribution is -0.162. The fourth-order valence-corrected chi connectivity index (χ4v) is 1.70. The number of aliphatic carboxylic acids is 1. The molecule has 2 amide bonds. The van der Waals surface area contributed by atoms with Crippen molar-refractivity contribution in [1.29, 1.82) is 0 Å². The van der Waals surface area contributed by atoms with Gasteiger partial charge in [0, 0.05) is 14.1 Å². The van der Waals surface area contributed by atoms with E-state index in [0.717, 1.165) is 4.90 Å². The van der Waals surface area contributed by atoms with Gasteiger partial charge in [0.25, 0.3) is 0 Å². The van der Waals surface area contributed by atoms with Gasteiger partial charge in [0.1, 0.15) is 13.1 Å². The van der Waals surface area contributed by atoms with Gasteiger partial charge in [-0.15, -0.1) is 11.8 Å². The standard InChI is InChI=1S/C10H15F3N2O4S/c1-14(2)7(16)3-15(6-10(11,12)13)8(17)4-20-5-9(18)19/h3-6H2,1-2H3,(H,18,19). The Labute approximate surface area is 117 Å². The van der Waals surface area contributed by atoms with E-state index in [4.69, 9.17) is 5.11 Å². The molecule has 0 rings (SSSR count). The van der Waals surface area contributed by atoms with Crippen LogP contribution >= 0.6 is 11.8 Å². The molecule has 0 aromatic rings. The summed E-state index contributed by atoms with van der Waals surface area (Å²) in [7, 11) is 2.72. The van der Waals surface area contributed by atoms with E-state index in [0.29, 0.717) is 16.7 Å². The summed E-state index contributed by atoms with van der Waals surface area (Å²) in [5.74, 6) is -3.57. The molecule has 0 aliphatic rings. The quantitative estimate of drug-likeness (QED) is 0.730. The number of halogens is 3. The molecule has 0 aromatic heterocycles. The Morgan fingerprint density at radius 2 is 1.65 bits per heavy atom. The highest BCUT2D eigenvalue weighted by Gasteiger charge is 2.34. The summed E-state index contributed by atoms with van der Waals surface area (Å²) in [6.45, 7) is -2.24. The molecule has 116 valence electrons. The number of carbonyl (C=O) groups excluding carboxylic acids is 2. The Morgan fingerprint density at radius 1 is 1.10 bits per heavy atom. The molecule has 6 nitrogen and oxygen atoms in total. The van der Waals surface area contributed by atoms with Gasteiger partial charge in [0.15, 0.2) is 0 Å². The number of carboxylic acid groups (broad SMARTS) is 1. The van der Waals surface area contributed by atoms with Crippen LogP contribution in [0.3, 0.4) is 0 Å². The fraction of sp³-hybridized carbons (Fsp3) is 0.700. The summed E-state index contributed by atoms with van der Waals surface area (Å²) < 4.78 is 37.0. The van der Waals surface area contributed by atoms with E-state index in [2.05, 4.69) is 0 Å². The van der Waals surface area contributed by atoms with Crippen LogP contribution in [0.5, 0.6) is 0 Å². The predicted octanol–water partition coefficient (Wildman–Crippen LogP) is 0.283. The highest BCUT2D eigenvalue weighted by Crippen LogP contribution is 2.17. The first kappa shape index (κ1) is 18.6. The Hall–Kier alpha value is -1.45. The third-order valence-corrected chi connectivity index (χ3v) is 2.90. The molecule has 0 aliphatic carbocycles. The highest BCUT2D eigenvalue weighted by atomic mass is 32.2. The lowest BCUT2D eigenvalue weighted by atomic mass is 10.4. The molecule has 0 bridgehead atoms. The van der Waals surface area contributed by atoms with E-state index in [1.807, 2.05) is 0 Å². The maximum absolute atomic E-state index is 12.3. The third kappa shape index (κ3) is 8.62. The third-order valence-electron chi connectivity index (χ3n) is 2.00. The van der Waals surface area contributed by atoms with Crippen molar-refractivity contribution in [3.05, 3.63) is 0 Å². The summed E-state index contributed by atoms with van der Waals surface area (Å²) in [6.07, 6.45) is -4.63. The zero-order valence-corrected chi connectivity index (χ0v) is 11.8. The van der Waals surface area contributed by atoms with Crippen molar-refractivity contribution in [2.45, 2.75) is 6.18 Å². The minimum atomic E-state index is -4.63. The van der Waals surface area contributed by atoms with Crippen molar-refractivity contribution in [3.8, 4) is 0 Å². The lowest BCUT2D eigenvalue weighted by Crippen LogP contribution is -2.45. The van der Waals surface area contributed by atoms with E-state index >= 15 is 0 Å². The van der Waals surface area contributed by atoms with Crippen molar-refractivity contribution < 1.29 is 32.7 Å². The first-order chi connectivity index (χ1) is 9.03. The van der Waals surface area contributed by atoms with Crippen molar-refractivity contribution >= 4 is 29.5 Å². The van der Waals surface area contributed by atoms with Crippen LogP contribution in [-0.4, -0.2) is 77.6 Å². The number of carbonyl (C=O) groups is 3. The Kier molecular flexibility index (Phi) is 7.40. The van der Waals surface area contributed by atoms with Crippen molar-refractivity contribution in [2.24, 2.45) is 0 Å². The molecule has 0 fully saturated rings. The molecule has 0 spiro atoms. The Balaban J connectivity index is 4.62. The van der Waals surface area contributed by atoms with E-state index < -0.39 is 48.6 Å². The molecule has 1 N–H and O–H groups in total. The van der Waals surface area contributed by atoms with Crippen molar-refractivity contribution in [3.63, 3.8) is 0 Å². The average molecular weight is 316 g/mol. The van der Waals surface area contributed by atoms with Crippen LogP contribution < -0.4 is 0 Å². The number of alkyl halides is 3. The number of hydrogen-bond donors (Lipinski definition) is 1. The number of nitrogens with zero attached hydrogens (tertiary/aromatic N) is 2. The van der Waals surface area contributed by atoms with Crippen LogP contribution in [-0.2, 0) is 14.4 Å². The molecule has 0 unspecified atom stereocenters. The zero-order valence-electron chi connectivity index (χ0n) is 10.9. The summed E-state index contributed by atoms with van der Waals surface area (Å²) in [5, 5.41) is 8.38. The van der Waals surface area contributed by atoms with Crippen LogP contribution in [0.4, 0.5) is 13.2 Å². The Bertz CT molecular complexity index is 374. The molecular formula is C10H15F3N2O4S. The molecule has 20 heavy (non-hydrogen) atoms. The maximum atomic E-state index is 12.3. The van der Waals surface area contributed by atoms with Gasteiger partial charge in [-0.25, -0.2) is 0 Å². The SMILES string of the molecule is CN(C)C(=O)CN(CC(F)(F)F)C(=O)CSCC(=O)O. The van der Waals surface area contributed by atoms with Gasteiger partial charge in [-0.3, -0.25) is 14.4 Å². The number of amides is 2. The first-order valence-electron chi connectivity index (χ1n) is 5.37. The number of hydrogen-bond acceptors (Lipinski definition) is 4.